The van der Waals surface area contributed by atoms with Gasteiger partial charge in [0.25, 0.3) is 0 Å². The van der Waals surface area contributed by atoms with Crippen molar-refractivity contribution >= 4 is 50.6 Å². The molecule has 0 fully saturated rings. The van der Waals surface area contributed by atoms with E-state index in [-0.39, 0.29) is 6.85 Å². The fraction of sp³-hybridized carbons (Fsp3) is 0. The average Bonchev–Trinajstić information content (AvgIpc) is 3.35. The molecule has 0 spiro atoms. The van der Waals surface area contributed by atoms with Crippen LogP contribution in [0.3, 0.4) is 0 Å². The van der Waals surface area contributed by atoms with Crippen LogP contribution in [-0.4, -0.2) is 26.3 Å². The Balaban J connectivity index is 1.72. The van der Waals surface area contributed by atoms with E-state index in [9.17, 15) is 0 Å². The summed E-state index contributed by atoms with van der Waals surface area (Å²) in [5.74, 6) is 0. The lowest BCUT2D eigenvalue weighted by molar-refractivity contribution is 0.882. The molecule has 0 amide bonds. The first-order chi connectivity index (χ1) is 14.4. The van der Waals surface area contributed by atoms with Crippen molar-refractivity contribution in [1.82, 2.24) is 19.5 Å². The predicted molar refractivity (Wildman–Crippen MR) is 118 cm³/mol. The third-order valence-corrected chi connectivity index (χ3v) is 6.65. The standard InChI is InChI=1S/C24H13BN4/c1-3-10-20-14(6-1)17-13-12-15-16-7-5-9-19-23(16)29(27-26-19)25-18-8-2-4-11-21(18)28(20)24(17)22(15)25/h1-13H. The van der Waals surface area contributed by atoms with Crippen LogP contribution in [0.2, 0.25) is 0 Å². The number of hydrogen-bond acceptors (Lipinski definition) is 2. The van der Waals surface area contributed by atoms with Crippen molar-refractivity contribution in [2.45, 2.75) is 0 Å². The van der Waals surface area contributed by atoms with Gasteiger partial charge in [0, 0.05) is 22.0 Å². The van der Waals surface area contributed by atoms with Crippen molar-refractivity contribution < 1.29 is 0 Å². The largest absolute Gasteiger partial charge is 0.356 e. The number of para-hydroxylation sites is 3. The maximum Gasteiger partial charge on any atom is 0.356 e. The minimum atomic E-state index is 0.0432. The molecule has 0 aliphatic carbocycles. The minimum absolute atomic E-state index is 0.0432. The van der Waals surface area contributed by atoms with Gasteiger partial charge in [-0.15, -0.1) is 5.10 Å². The predicted octanol–water partition coefficient (Wildman–Crippen LogP) is 3.48. The van der Waals surface area contributed by atoms with Gasteiger partial charge < -0.3 is 4.57 Å². The van der Waals surface area contributed by atoms with E-state index in [1.165, 1.54) is 49.5 Å². The highest BCUT2D eigenvalue weighted by Crippen LogP contribution is 2.39. The van der Waals surface area contributed by atoms with Crippen LogP contribution in [0.1, 0.15) is 0 Å². The van der Waals surface area contributed by atoms with E-state index in [1.807, 2.05) is 0 Å². The first-order valence-electron chi connectivity index (χ1n) is 9.91. The van der Waals surface area contributed by atoms with Gasteiger partial charge in [0.2, 0.25) is 0 Å². The van der Waals surface area contributed by atoms with E-state index >= 15 is 0 Å². The van der Waals surface area contributed by atoms with Gasteiger partial charge in [0.15, 0.2) is 0 Å². The Morgan fingerprint density at radius 1 is 0.690 bits per heavy atom. The SMILES string of the molecule is c1ccc2c(c1)B1c3c(ccc4c5ccccc5n-2c34)-c2cccc3nnn1c23. The number of hydrogen-bond donors (Lipinski definition) is 0. The number of fused-ring (bicyclic) bond motifs is 8. The summed E-state index contributed by atoms with van der Waals surface area (Å²) in [6, 6.07) is 28.3. The van der Waals surface area contributed by atoms with E-state index in [4.69, 9.17) is 0 Å². The average molecular weight is 368 g/mol. The highest BCUT2D eigenvalue weighted by Gasteiger charge is 2.41. The molecule has 6 aromatic rings. The second-order valence-electron chi connectivity index (χ2n) is 7.94. The van der Waals surface area contributed by atoms with Crippen molar-refractivity contribution in [3.8, 4) is 16.8 Å². The Morgan fingerprint density at radius 2 is 1.59 bits per heavy atom. The molecule has 5 heteroatoms. The van der Waals surface area contributed by atoms with Crippen LogP contribution < -0.4 is 10.9 Å². The van der Waals surface area contributed by atoms with Gasteiger partial charge in [-0.3, -0.25) is 4.59 Å². The van der Waals surface area contributed by atoms with E-state index in [0.717, 1.165) is 11.0 Å². The van der Waals surface area contributed by atoms with E-state index in [2.05, 4.69) is 98.3 Å². The molecule has 0 N–H and O–H groups in total. The smallest absolute Gasteiger partial charge is 0.310 e. The zero-order valence-corrected chi connectivity index (χ0v) is 15.4. The second kappa shape index (κ2) is 4.58. The summed E-state index contributed by atoms with van der Waals surface area (Å²) in [6.45, 7) is 0.0432. The molecule has 4 aromatic carbocycles. The maximum atomic E-state index is 4.62. The lowest BCUT2D eigenvalue weighted by Crippen LogP contribution is -2.55. The second-order valence-corrected chi connectivity index (χ2v) is 7.94. The van der Waals surface area contributed by atoms with Crippen molar-refractivity contribution in [2.24, 2.45) is 0 Å². The summed E-state index contributed by atoms with van der Waals surface area (Å²) in [6.07, 6.45) is 0. The number of aromatic nitrogens is 4. The minimum Gasteiger partial charge on any atom is -0.310 e. The molecule has 0 radical (unpaired) electrons. The van der Waals surface area contributed by atoms with Gasteiger partial charge in [0.1, 0.15) is 5.52 Å². The molecule has 29 heavy (non-hydrogen) atoms. The highest BCUT2D eigenvalue weighted by molar-refractivity contribution is 6.89. The Morgan fingerprint density at radius 3 is 2.59 bits per heavy atom. The number of rotatable bonds is 0. The van der Waals surface area contributed by atoms with Gasteiger partial charge >= 0.3 is 6.85 Å². The molecule has 132 valence electrons. The monoisotopic (exact) mass is 368 g/mol. The summed E-state index contributed by atoms with van der Waals surface area (Å²) in [5, 5.41) is 11.7. The Bertz CT molecular complexity index is 1670. The summed E-state index contributed by atoms with van der Waals surface area (Å²) >= 11 is 0. The van der Waals surface area contributed by atoms with E-state index in [0.29, 0.717) is 0 Å². The summed E-state index contributed by atoms with van der Waals surface area (Å²) in [5.41, 5.74) is 11.0. The summed E-state index contributed by atoms with van der Waals surface area (Å²) in [7, 11) is 0. The molecule has 2 aliphatic rings. The normalized spacial score (nSPS) is 13.4. The zero-order chi connectivity index (χ0) is 18.7. The van der Waals surface area contributed by atoms with Crippen LogP contribution in [0.4, 0.5) is 0 Å². The van der Waals surface area contributed by atoms with E-state index < -0.39 is 0 Å². The van der Waals surface area contributed by atoms with Crippen LogP contribution in [0.15, 0.2) is 78.9 Å². The topological polar surface area (TPSA) is 35.6 Å². The van der Waals surface area contributed by atoms with Crippen molar-refractivity contribution in [3.05, 3.63) is 78.9 Å². The third kappa shape index (κ3) is 1.46. The van der Waals surface area contributed by atoms with Crippen LogP contribution in [-0.2, 0) is 0 Å². The molecule has 4 nitrogen and oxygen atoms in total. The Labute approximate surface area is 166 Å². The van der Waals surface area contributed by atoms with Gasteiger partial charge in [-0.1, -0.05) is 65.9 Å². The molecule has 4 heterocycles. The third-order valence-electron chi connectivity index (χ3n) is 6.65. The lowest BCUT2D eigenvalue weighted by atomic mass is 9.46. The van der Waals surface area contributed by atoms with Gasteiger partial charge in [-0.2, -0.15) is 0 Å². The number of nitrogens with zero attached hydrogens (tertiary/aromatic N) is 4. The molecule has 0 atom stereocenters. The zero-order valence-electron chi connectivity index (χ0n) is 15.4. The molecule has 2 aliphatic heterocycles. The Hall–Kier alpha value is -3.86. The first-order valence-corrected chi connectivity index (χ1v) is 9.91. The molecule has 0 saturated heterocycles. The molecule has 8 rings (SSSR count). The molecule has 0 unspecified atom stereocenters. The molecule has 2 aromatic heterocycles. The van der Waals surface area contributed by atoms with Gasteiger partial charge in [-0.25, -0.2) is 0 Å². The van der Waals surface area contributed by atoms with Crippen molar-refractivity contribution in [3.63, 3.8) is 0 Å². The van der Waals surface area contributed by atoms with Gasteiger partial charge in [-0.05, 0) is 34.7 Å². The van der Waals surface area contributed by atoms with Crippen molar-refractivity contribution in [2.75, 3.05) is 0 Å². The van der Waals surface area contributed by atoms with Crippen LogP contribution in [0.25, 0.3) is 49.7 Å². The molecular weight excluding hydrogens is 355 g/mol. The van der Waals surface area contributed by atoms with Gasteiger partial charge in [0.05, 0.1) is 16.6 Å². The Kier molecular flexibility index (Phi) is 2.24. The first kappa shape index (κ1) is 14.2. The maximum absolute atomic E-state index is 4.62. The molecular formula is C24H13BN4. The molecule has 0 bridgehead atoms. The fourth-order valence-electron chi connectivity index (χ4n) is 5.57. The number of benzene rings is 4. The lowest BCUT2D eigenvalue weighted by Gasteiger charge is -2.31. The summed E-state index contributed by atoms with van der Waals surface area (Å²) < 4.78 is 4.57. The molecule has 0 saturated carbocycles. The van der Waals surface area contributed by atoms with Crippen LogP contribution >= 0.6 is 0 Å². The quantitative estimate of drug-likeness (QED) is 0.384. The fourth-order valence-corrected chi connectivity index (χ4v) is 5.57. The van der Waals surface area contributed by atoms with Crippen LogP contribution in [0.5, 0.6) is 0 Å². The van der Waals surface area contributed by atoms with E-state index in [1.54, 1.807) is 0 Å². The van der Waals surface area contributed by atoms with Crippen LogP contribution in [0, 0.1) is 0 Å². The van der Waals surface area contributed by atoms with Crippen molar-refractivity contribution in [1.29, 1.82) is 0 Å². The highest BCUT2D eigenvalue weighted by atomic mass is 15.4. The summed E-state index contributed by atoms with van der Waals surface area (Å²) in [4.78, 5) is 0.